The lowest BCUT2D eigenvalue weighted by atomic mass is 10.3. The third-order valence-electron chi connectivity index (χ3n) is 2.31. The molecular formula is C9H14N4O2. The molecule has 1 aliphatic rings. The lowest BCUT2D eigenvalue weighted by molar-refractivity contribution is -0.146. The lowest BCUT2D eigenvalue weighted by Gasteiger charge is -2.31. The Kier molecular flexibility index (Phi) is 4.06. The number of hydrogen-bond donors (Lipinski definition) is 1. The number of rotatable bonds is 1. The molecule has 0 saturated carbocycles. The zero-order valence-electron chi connectivity index (χ0n) is 8.69. The summed E-state index contributed by atoms with van der Waals surface area (Å²) >= 11 is 0. The molecule has 1 heterocycles. The van der Waals surface area contributed by atoms with Gasteiger partial charge in [0.1, 0.15) is 6.54 Å². The number of amides is 2. The minimum atomic E-state index is -0.693. The number of likely N-dealkylation sites (N-methyl/N-ethyl adjacent to an activating group) is 1. The topological polar surface area (TPSA) is 76.4 Å². The first-order chi connectivity index (χ1) is 7.15. The maximum Gasteiger partial charge on any atom is 0.311 e. The van der Waals surface area contributed by atoms with E-state index >= 15 is 0 Å². The van der Waals surface area contributed by atoms with Crippen molar-refractivity contribution < 1.29 is 9.59 Å². The van der Waals surface area contributed by atoms with E-state index in [9.17, 15) is 9.59 Å². The number of piperazine rings is 1. The van der Waals surface area contributed by atoms with Crippen LogP contribution in [0.3, 0.4) is 0 Å². The van der Waals surface area contributed by atoms with E-state index in [1.165, 1.54) is 4.90 Å². The zero-order valence-corrected chi connectivity index (χ0v) is 8.69. The number of nitriles is 1. The van der Waals surface area contributed by atoms with Crippen LogP contribution in [0.25, 0.3) is 0 Å². The largest absolute Gasteiger partial charge is 0.335 e. The fraction of sp³-hybridized carbons (Fsp3) is 0.667. The van der Waals surface area contributed by atoms with Gasteiger partial charge in [-0.25, -0.2) is 0 Å². The van der Waals surface area contributed by atoms with Crippen molar-refractivity contribution in [1.82, 2.24) is 15.1 Å². The highest BCUT2D eigenvalue weighted by atomic mass is 16.2. The summed E-state index contributed by atoms with van der Waals surface area (Å²) in [5.74, 6) is -1.24. The van der Waals surface area contributed by atoms with E-state index in [2.05, 4.69) is 10.2 Å². The minimum absolute atomic E-state index is 0.127. The van der Waals surface area contributed by atoms with Crippen molar-refractivity contribution in [1.29, 1.82) is 5.26 Å². The van der Waals surface area contributed by atoms with Crippen LogP contribution in [0.1, 0.15) is 0 Å². The van der Waals surface area contributed by atoms with Crippen molar-refractivity contribution in [2.45, 2.75) is 0 Å². The van der Waals surface area contributed by atoms with Gasteiger partial charge < -0.3 is 15.1 Å². The molecular weight excluding hydrogens is 196 g/mol. The molecule has 0 aromatic heterocycles. The molecule has 0 aromatic carbocycles. The van der Waals surface area contributed by atoms with E-state index in [-0.39, 0.29) is 6.54 Å². The van der Waals surface area contributed by atoms with Crippen LogP contribution in [0.2, 0.25) is 0 Å². The first-order valence-corrected chi connectivity index (χ1v) is 4.77. The highest BCUT2D eigenvalue weighted by molar-refractivity contribution is 6.35. The maximum absolute atomic E-state index is 11.5. The van der Waals surface area contributed by atoms with Gasteiger partial charge in [0.2, 0.25) is 0 Å². The molecule has 2 amide bonds. The van der Waals surface area contributed by atoms with Crippen LogP contribution >= 0.6 is 0 Å². The molecule has 15 heavy (non-hydrogen) atoms. The van der Waals surface area contributed by atoms with E-state index in [0.717, 1.165) is 13.1 Å². The third-order valence-corrected chi connectivity index (χ3v) is 2.31. The van der Waals surface area contributed by atoms with Gasteiger partial charge in [-0.15, -0.1) is 0 Å². The van der Waals surface area contributed by atoms with Gasteiger partial charge in [-0.05, 0) is 7.05 Å². The van der Waals surface area contributed by atoms with Crippen molar-refractivity contribution in [3.05, 3.63) is 0 Å². The van der Waals surface area contributed by atoms with Gasteiger partial charge in [-0.1, -0.05) is 0 Å². The lowest BCUT2D eigenvalue weighted by Crippen LogP contribution is -2.51. The highest BCUT2D eigenvalue weighted by Crippen LogP contribution is 1.99. The first-order valence-electron chi connectivity index (χ1n) is 4.77. The summed E-state index contributed by atoms with van der Waals surface area (Å²) in [7, 11) is 1.97. The standard InChI is InChI=1S/C9H14N4O2/c1-12-4-6-13(7-5-12)9(15)8(14)11-3-2-10/h3-7H2,1H3,(H,11,14). The van der Waals surface area contributed by atoms with Crippen LogP contribution < -0.4 is 5.32 Å². The molecule has 6 heteroatoms. The van der Waals surface area contributed by atoms with Gasteiger partial charge in [0, 0.05) is 26.2 Å². The molecule has 0 radical (unpaired) electrons. The summed E-state index contributed by atoms with van der Waals surface area (Å²) in [6.07, 6.45) is 0. The third kappa shape index (κ3) is 3.22. The average molecular weight is 210 g/mol. The Balaban J connectivity index is 2.40. The number of carbonyl (C=O) groups excluding carboxylic acids is 2. The van der Waals surface area contributed by atoms with E-state index in [4.69, 9.17) is 5.26 Å². The van der Waals surface area contributed by atoms with Gasteiger partial charge in [-0.2, -0.15) is 5.26 Å². The summed E-state index contributed by atoms with van der Waals surface area (Å²) < 4.78 is 0. The SMILES string of the molecule is CN1CCN(C(=O)C(=O)NCC#N)CC1. The summed E-state index contributed by atoms with van der Waals surface area (Å²) in [6, 6.07) is 1.75. The molecule has 0 aliphatic carbocycles. The van der Waals surface area contributed by atoms with E-state index in [1.54, 1.807) is 6.07 Å². The molecule has 0 bridgehead atoms. The molecule has 1 N–H and O–H groups in total. The number of hydrogen-bond acceptors (Lipinski definition) is 4. The monoisotopic (exact) mass is 210 g/mol. The molecule has 1 saturated heterocycles. The summed E-state index contributed by atoms with van der Waals surface area (Å²) in [5.41, 5.74) is 0. The minimum Gasteiger partial charge on any atom is -0.335 e. The molecule has 0 aromatic rings. The molecule has 1 rings (SSSR count). The molecule has 1 aliphatic heterocycles. The van der Waals surface area contributed by atoms with Crippen molar-refractivity contribution in [2.75, 3.05) is 39.8 Å². The van der Waals surface area contributed by atoms with Gasteiger partial charge in [-0.3, -0.25) is 9.59 Å². The molecule has 0 atom stereocenters. The molecule has 0 unspecified atom stereocenters. The Bertz CT molecular complexity index is 289. The predicted molar refractivity (Wildman–Crippen MR) is 52.7 cm³/mol. The quantitative estimate of drug-likeness (QED) is 0.418. The fourth-order valence-corrected chi connectivity index (χ4v) is 1.35. The van der Waals surface area contributed by atoms with Crippen LogP contribution in [-0.4, -0.2) is 61.4 Å². The summed E-state index contributed by atoms with van der Waals surface area (Å²) in [6.45, 7) is 2.55. The maximum atomic E-state index is 11.5. The Morgan fingerprint density at radius 2 is 1.93 bits per heavy atom. The van der Waals surface area contributed by atoms with E-state index < -0.39 is 11.8 Å². The summed E-state index contributed by atoms with van der Waals surface area (Å²) in [5, 5.41) is 10.5. The van der Waals surface area contributed by atoms with Crippen molar-refractivity contribution >= 4 is 11.8 Å². The average Bonchev–Trinajstić information content (AvgIpc) is 2.26. The molecule has 82 valence electrons. The number of carbonyl (C=O) groups is 2. The molecule has 0 spiro atoms. The van der Waals surface area contributed by atoms with Crippen LogP contribution in [0.5, 0.6) is 0 Å². The van der Waals surface area contributed by atoms with Crippen molar-refractivity contribution in [2.24, 2.45) is 0 Å². The smallest absolute Gasteiger partial charge is 0.311 e. The Labute approximate surface area is 88.4 Å². The second kappa shape index (κ2) is 5.32. The van der Waals surface area contributed by atoms with Gasteiger partial charge in [0.15, 0.2) is 0 Å². The Morgan fingerprint density at radius 3 is 2.47 bits per heavy atom. The van der Waals surface area contributed by atoms with Crippen LogP contribution in [0.15, 0.2) is 0 Å². The molecule has 1 fully saturated rings. The van der Waals surface area contributed by atoms with Crippen molar-refractivity contribution in [3.8, 4) is 6.07 Å². The van der Waals surface area contributed by atoms with Crippen molar-refractivity contribution in [3.63, 3.8) is 0 Å². The second-order valence-corrected chi connectivity index (χ2v) is 3.44. The number of nitrogens with zero attached hydrogens (tertiary/aromatic N) is 3. The second-order valence-electron chi connectivity index (χ2n) is 3.44. The van der Waals surface area contributed by atoms with Crippen LogP contribution in [0.4, 0.5) is 0 Å². The van der Waals surface area contributed by atoms with Gasteiger partial charge in [0.25, 0.3) is 0 Å². The highest BCUT2D eigenvalue weighted by Gasteiger charge is 2.24. The predicted octanol–water partition coefficient (Wildman–Crippen LogP) is -1.60. The summed E-state index contributed by atoms with van der Waals surface area (Å²) in [4.78, 5) is 26.3. The Morgan fingerprint density at radius 1 is 1.33 bits per heavy atom. The van der Waals surface area contributed by atoms with E-state index in [0.29, 0.717) is 13.1 Å². The van der Waals surface area contributed by atoms with Gasteiger partial charge in [0.05, 0.1) is 6.07 Å². The first kappa shape index (κ1) is 11.5. The number of nitrogens with one attached hydrogen (secondary N) is 1. The zero-order chi connectivity index (χ0) is 11.3. The fourth-order valence-electron chi connectivity index (χ4n) is 1.35. The van der Waals surface area contributed by atoms with Crippen LogP contribution in [0, 0.1) is 11.3 Å². The van der Waals surface area contributed by atoms with Crippen LogP contribution in [-0.2, 0) is 9.59 Å². The molecule has 6 nitrogen and oxygen atoms in total. The Hall–Kier alpha value is -1.61. The van der Waals surface area contributed by atoms with E-state index in [1.807, 2.05) is 7.05 Å². The van der Waals surface area contributed by atoms with Gasteiger partial charge >= 0.3 is 11.8 Å². The normalized spacial score (nSPS) is 16.9.